The molecule has 0 radical (unpaired) electrons. The highest BCUT2D eigenvalue weighted by molar-refractivity contribution is 9.10. The van der Waals surface area contributed by atoms with Crippen LogP contribution in [0.25, 0.3) is 16.9 Å². The normalized spacial score (nSPS) is 11.7. The molecule has 5 nitrogen and oxygen atoms in total. The van der Waals surface area contributed by atoms with Gasteiger partial charge in [-0.05, 0) is 71.6 Å². The molecule has 0 unspecified atom stereocenters. The van der Waals surface area contributed by atoms with Crippen molar-refractivity contribution in [2.45, 2.75) is 33.6 Å². The van der Waals surface area contributed by atoms with Gasteiger partial charge >= 0.3 is 5.97 Å². The van der Waals surface area contributed by atoms with Crippen molar-refractivity contribution < 1.29 is 14.3 Å². The van der Waals surface area contributed by atoms with E-state index < -0.39 is 5.97 Å². The summed E-state index contributed by atoms with van der Waals surface area (Å²) >= 11 is 16.0. The molecule has 4 rings (SSSR count). The molecule has 1 aliphatic carbocycles. The first-order chi connectivity index (χ1) is 14.9. The maximum atomic E-state index is 12.6. The lowest BCUT2D eigenvalue weighted by atomic mass is 9.88. The lowest BCUT2D eigenvalue weighted by Gasteiger charge is -2.20. The summed E-state index contributed by atoms with van der Waals surface area (Å²) in [5.74, 6) is 0.321. The third kappa shape index (κ3) is 4.61. The van der Waals surface area contributed by atoms with Gasteiger partial charge in [-0.15, -0.1) is 0 Å². The number of nitrogens with zero attached hydrogens (tertiary/aromatic N) is 2. The Morgan fingerprint density at radius 2 is 1.81 bits per heavy atom. The topological polar surface area (TPSA) is 53.3 Å². The third-order valence-electron chi connectivity index (χ3n) is 4.82. The van der Waals surface area contributed by atoms with E-state index in [4.69, 9.17) is 32.7 Å². The molecule has 0 bridgehead atoms. The number of benzene rings is 2. The summed E-state index contributed by atoms with van der Waals surface area (Å²) in [5.41, 5.74) is 4.75. The van der Waals surface area contributed by atoms with E-state index in [0.29, 0.717) is 27.8 Å². The Bertz CT molecular complexity index is 1110. The standard InChI is InChI=1S/C21H17BrCl2N2O3.C2H6/c1-3-29-21(27)19-15-5-4-11-6-18(28-2)17(22)10-16(11)20(15)26(25-19)14-8-12(23)7-13(24)9-14;1-2/h6-10H,3-5H2,1-2H3;1-2H3. The Labute approximate surface area is 200 Å². The van der Waals surface area contributed by atoms with E-state index in [0.717, 1.165) is 39.0 Å². The van der Waals surface area contributed by atoms with Gasteiger partial charge in [-0.1, -0.05) is 37.0 Å². The number of hydrogen-bond acceptors (Lipinski definition) is 4. The predicted molar refractivity (Wildman–Crippen MR) is 128 cm³/mol. The number of aryl methyl sites for hydroxylation is 1. The van der Waals surface area contributed by atoms with Crippen molar-refractivity contribution in [2.24, 2.45) is 0 Å². The second kappa shape index (κ2) is 10.1. The van der Waals surface area contributed by atoms with Crippen LogP contribution in [0.4, 0.5) is 0 Å². The summed E-state index contributed by atoms with van der Waals surface area (Å²) in [6, 6.07) is 9.19. The Morgan fingerprint density at radius 1 is 1.13 bits per heavy atom. The molecular weight excluding hydrogens is 503 g/mol. The molecule has 0 aliphatic heterocycles. The first kappa shape index (κ1) is 23.6. The zero-order chi connectivity index (χ0) is 22.7. The highest BCUT2D eigenvalue weighted by Crippen LogP contribution is 2.42. The number of carbonyl (C=O) groups excluding carboxylic acids is 1. The fourth-order valence-corrected chi connectivity index (χ4v) is 4.63. The summed E-state index contributed by atoms with van der Waals surface area (Å²) in [7, 11) is 1.64. The molecule has 1 aliphatic rings. The van der Waals surface area contributed by atoms with Gasteiger partial charge in [-0.2, -0.15) is 5.10 Å². The number of hydrogen-bond donors (Lipinski definition) is 0. The number of halogens is 3. The molecule has 3 aromatic rings. The number of carbonyl (C=O) groups is 1. The van der Waals surface area contributed by atoms with Crippen molar-refractivity contribution in [3.63, 3.8) is 0 Å². The Hall–Kier alpha value is -2.02. The van der Waals surface area contributed by atoms with E-state index in [9.17, 15) is 4.79 Å². The molecule has 1 aromatic heterocycles. The number of methoxy groups -OCH3 is 1. The van der Waals surface area contributed by atoms with Crippen LogP contribution >= 0.6 is 39.1 Å². The van der Waals surface area contributed by atoms with E-state index in [2.05, 4.69) is 21.0 Å². The van der Waals surface area contributed by atoms with Crippen molar-refractivity contribution >= 4 is 45.1 Å². The molecule has 0 amide bonds. The number of rotatable bonds is 4. The third-order valence-corrected chi connectivity index (χ3v) is 5.88. The van der Waals surface area contributed by atoms with Gasteiger partial charge < -0.3 is 9.47 Å². The summed E-state index contributed by atoms with van der Waals surface area (Å²) in [6.45, 7) is 6.06. The highest BCUT2D eigenvalue weighted by atomic mass is 79.9. The van der Waals surface area contributed by atoms with Crippen molar-refractivity contribution in [1.82, 2.24) is 9.78 Å². The van der Waals surface area contributed by atoms with Crippen molar-refractivity contribution in [3.8, 4) is 22.7 Å². The van der Waals surface area contributed by atoms with Crippen LogP contribution in [0.15, 0.2) is 34.8 Å². The first-order valence-electron chi connectivity index (χ1n) is 10.0. The van der Waals surface area contributed by atoms with Crippen molar-refractivity contribution in [2.75, 3.05) is 13.7 Å². The zero-order valence-corrected chi connectivity index (χ0v) is 20.9. The van der Waals surface area contributed by atoms with Crippen LogP contribution < -0.4 is 4.74 Å². The van der Waals surface area contributed by atoms with Crippen LogP contribution in [0, 0.1) is 0 Å². The quantitative estimate of drug-likeness (QED) is 0.347. The minimum atomic E-state index is -0.438. The lowest BCUT2D eigenvalue weighted by molar-refractivity contribution is 0.0517. The average molecular weight is 526 g/mol. The molecule has 8 heteroatoms. The van der Waals surface area contributed by atoms with Crippen LogP contribution in [0.1, 0.15) is 42.4 Å². The molecule has 164 valence electrons. The molecule has 0 N–H and O–H groups in total. The zero-order valence-electron chi connectivity index (χ0n) is 17.8. The molecule has 0 saturated carbocycles. The fraction of sp³-hybridized carbons (Fsp3) is 0.304. The minimum absolute atomic E-state index is 0.281. The molecule has 2 aromatic carbocycles. The highest BCUT2D eigenvalue weighted by Gasteiger charge is 2.30. The molecule has 31 heavy (non-hydrogen) atoms. The van der Waals surface area contributed by atoms with Gasteiger partial charge in [-0.3, -0.25) is 0 Å². The predicted octanol–water partition coefficient (Wildman–Crippen LogP) is 6.92. The first-order valence-corrected chi connectivity index (χ1v) is 11.6. The summed E-state index contributed by atoms with van der Waals surface area (Å²) in [4.78, 5) is 12.6. The second-order valence-electron chi connectivity index (χ2n) is 6.58. The Kier molecular flexibility index (Phi) is 7.68. The van der Waals surface area contributed by atoms with E-state index in [1.54, 1.807) is 36.9 Å². The van der Waals surface area contributed by atoms with Crippen LogP contribution in [0.3, 0.4) is 0 Å². The van der Waals surface area contributed by atoms with Crippen molar-refractivity contribution in [3.05, 3.63) is 61.7 Å². The molecule has 0 saturated heterocycles. The number of esters is 1. The average Bonchev–Trinajstić information content (AvgIpc) is 3.14. The van der Waals surface area contributed by atoms with Crippen LogP contribution in [0.2, 0.25) is 10.0 Å². The molecule has 1 heterocycles. The smallest absolute Gasteiger partial charge is 0.359 e. The summed E-state index contributed by atoms with van der Waals surface area (Å²) < 4.78 is 13.2. The van der Waals surface area contributed by atoms with Crippen LogP contribution in [-0.2, 0) is 17.6 Å². The summed E-state index contributed by atoms with van der Waals surface area (Å²) in [6.07, 6.45) is 1.43. The number of fused-ring (bicyclic) bond motifs is 3. The van der Waals surface area contributed by atoms with Gasteiger partial charge in [0.15, 0.2) is 5.69 Å². The SMILES string of the molecule is CC.CCOC(=O)c1nn(-c2cc(Cl)cc(Cl)c2)c2c1CCc1cc(OC)c(Br)cc1-2. The fourth-order valence-electron chi connectivity index (χ4n) is 3.61. The Balaban J connectivity index is 0.00000132. The minimum Gasteiger partial charge on any atom is -0.496 e. The van der Waals surface area contributed by atoms with Crippen LogP contribution in [0.5, 0.6) is 5.75 Å². The maximum Gasteiger partial charge on any atom is 0.359 e. The van der Waals surface area contributed by atoms with E-state index in [1.807, 2.05) is 26.0 Å². The number of ether oxygens (including phenoxy) is 2. The van der Waals surface area contributed by atoms with Gasteiger partial charge in [0.05, 0.1) is 29.6 Å². The molecule has 0 spiro atoms. The van der Waals surface area contributed by atoms with Gasteiger partial charge in [0, 0.05) is 21.2 Å². The molecule has 0 atom stereocenters. The van der Waals surface area contributed by atoms with E-state index in [-0.39, 0.29) is 6.61 Å². The largest absolute Gasteiger partial charge is 0.496 e. The van der Waals surface area contributed by atoms with E-state index in [1.165, 1.54) is 0 Å². The van der Waals surface area contributed by atoms with Crippen LogP contribution in [-0.4, -0.2) is 29.5 Å². The second-order valence-corrected chi connectivity index (χ2v) is 8.31. The van der Waals surface area contributed by atoms with Gasteiger partial charge in [0.1, 0.15) is 5.75 Å². The number of aromatic nitrogens is 2. The summed E-state index contributed by atoms with van der Waals surface area (Å²) in [5, 5.41) is 5.59. The van der Waals surface area contributed by atoms with Gasteiger partial charge in [0.2, 0.25) is 0 Å². The van der Waals surface area contributed by atoms with Gasteiger partial charge in [-0.25, -0.2) is 9.48 Å². The lowest BCUT2D eigenvalue weighted by Crippen LogP contribution is -2.11. The monoisotopic (exact) mass is 524 g/mol. The van der Waals surface area contributed by atoms with Gasteiger partial charge in [0.25, 0.3) is 0 Å². The molecule has 0 fully saturated rings. The Morgan fingerprint density at radius 3 is 2.42 bits per heavy atom. The maximum absolute atomic E-state index is 12.6. The van der Waals surface area contributed by atoms with Crippen molar-refractivity contribution in [1.29, 1.82) is 0 Å². The van der Waals surface area contributed by atoms with E-state index >= 15 is 0 Å². The molecular formula is C23H23BrCl2N2O3.